The van der Waals surface area contributed by atoms with Gasteiger partial charge in [-0.2, -0.15) is 0 Å². The smallest absolute Gasteiger partial charge is 0.0456 e. The third kappa shape index (κ3) is 2.39. The highest BCUT2D eigenvalue weighted by atomic mass is 35.5. The van der Waals surface area contributed by atoms with Crippen LogP contribution in [0.1, 0.15) is 19.4 Å². The quantitative estimate of drug-likeness (QED) is 0.805. The zero-order valence-electron chi connectivity index (χ0n) is 9.70. The van der Waals surface area contributed by atoms with Crippen molar-refractivity contribution >= 4 is 22.7 Å². The van der Waals surface area contributed by atoms with Gasteiger partial charge < -0.3 is 4.98 Å². The van der Waals surface area contributed by atoms with Crippen molar-refractivity contribution < 1.29 is 0 Å². The number of fused-ring (bicyclic) bond motifs is 1. The molecule has 0 radical (unpaired) electrons. The highest BCUT2D eigenvalue weighted by Gasteiger charge is 2.08. The fraction of sp³-hybridized carbons (Fsp3) is 0.385. The van der Waals surface area contributed by atoms with Gasteiger partial charge in [-0.15, -0.1) is 0 Å². The van der Waals surface area contributed by atoms with Gasteiger partial charge in [0.25, 0.3) is 0 Å². The minimum absolute atomic E-state index is 0.381. The first kappa shape index (κ1) is 11.5. The van der Waals surface area contributed by atoms with E-state index in [0.29, 0.717) is 6.04 Å². The molecule has 0 unspecified atom stereocenters. The molecule has 0 spiro atoms. The molecular weight excluding hydrogens is 220 g/mol. The van der Waals surface area contributed by atoms with E-state index < -0.39 is 0 Å². The summed E-state index contributed by atoms with van der Waals surface area (Å²) < 4.78 is 1.85. The number of nitrogens with one attached hydrogen (secondary N) is 1. The lowest BCUT2D eigenvalue weighted by Gasteiger charge is -2.17. The fourth-order valence-corrected chi connectivity index (χ4v) is 1.91. The highest BCUT2D eigenvalue weighted by molar-refractivity contribution is 6.13. The zero-order chi connectivity index (χ0) is 11.5. The zero-order valence-corrected chi connectivity index (χ0v) is 10.5. The van der Waals surface area contributed by atoms with Gasteiger partial charge in [-0.25, -0.2) is 4.42 Å². The van der Waals surface area contributed by atoms with E-state index in [-0.39, 0.29) is 0 Å². The van der Waals surface area contributed by atoms with Crippen LogP contribution in [0.25, 0.3) is 10.9 Å². The van der Waals surface area contributed by atoms with Crippen molar-refractivity contribution in [3.05, 3.63) is 36.0 Å². The Labute approximate surface area is 101 Å². The van der Waals surface area contributed by atoms with Crippen LogP contribution in [-0.4, -0.2) is 22.0 Å². The number of hydrogen-bond acceptors (Lipinski definition) is 1. The maximum Gasteiger partial charge on any atom is 0.0456 e. The number of halogens is 1. The average molecular weight is 237 g/mol. The van der Waals surface area contributed by atoms with Gasteiger partial charge >= 0.3 is 0 Å². The number of para-hydroxylation sites is 1. The lowest BCUT2D eigenvalue weighted by atomic mass is 10.1. The lowest BCUT2D eigenvalue weighted by molar-refractivity contribution is 0.386. The predicted molar refractivity (Wildman–Crippen MR) is 69.7 cm³/mol. The Kier molecular flexibility index (Phi) is 3.52. The van der Waals surface area contributed by atoms with Crippen molar-refractivity contribution in [2.75, 3.05) is 6.54 Å². The number of aromatic nitrogens is 1. The Morgan fingerprint density at radius 1 is 1.31 bits per heavy atom. The third-order valence-electron chi connectivity index (χ3n) is 2.83. The molecule has 1 N–H and O–H groups in total. The molecule has 0 saturated heterocycles. The molecule has 16 heavy (non-hydrogen) atoms. The molecule has 0 aliphatic carbocycles. The number of rotatable bonds is 4. The third-order valence-corrected chi connectivity index (χ3v) is 3.39. The highest BCUT2D eigenvalue weighted by Crippen LogP contribution is 2.18. The second-order valence-electron chi connectivity index (χ2n) is 4.33. The largest absolute Gasteiger partial charge is 0.361 e. The Balaban J connectivity index is 2.10. The van der Waals surface area contributed by atoms with Crippen LogP contribution in [-0.2, 0) is 6.42 Å². The van der Waals surface area contributed by atoms with Gasteiger partial charge in [0.15, 0.2) is 0 Å². The van der Waals surface area contributed by atoms with Crippen molar-refractivity contribution in [2.24, 2.45) is 0 Å². The molecule has 0 aliphatic heterocycles. The molecule has 86 valence electrons. The normalized spacial score (nSPS) is 11.8. The summed E-state index contributed by atoms with van der Waals surface area (Å²) in [5.41, 5.74) is 2.53. The summed E-state index contributed by atoms with van der Waals surface area (Å²) >= 11 is 6.11. The van der Waals surface area contributed by atoms with Crippen LogP contribution in [0.15, 0.2) is 30.5 Å². The molecular formula is C13H17ClN2. The van der Waals surface area contributed by atoms with Crippen LogP contribution in [0.4, 0.5) is 0 Å². The van der Waals surface area contributed by atoms with Crippen molar-refractivity contribution in [1.82, 2.24) is 9.40 Å². The molecule has 1 heterocycles. The van der Waals surface area contributed by atoms with Crippen LogP contribution in [0.2, 0.25) is 0 Å². The molecule has 1 aromatic carbocycles. The van der Waals surface area contributed by atoms with E-state index in [1.165, 1.54) is 16.5 Å². The van der Waals surface area contributed by atoms with Gasteiger partial charge in [-0.3, -0.25) is 0 Å². The van der Waals surface area contributed by atoms with Crippen LogP contribution >= 0.6 is 11.8 Å². The van der Waals surface area contributed by atoms with E-state index in [4.69, 9.17) is 11.8 Å². The van der Waals surface area contributed by atoms with E-state index in [2.05, 4.69) is 43.2 Å². The first-order valence-corrected chi connectivity index (χ1v) is 5.99. The Bertz CT molecular complexity index is 462. The summed E-state index contributed by atoms with van der Waals surface area (Å²) in [6.07, 6.45) is 3.06. The molecule has 1 aromatic heterocycles. The second-order valence-corrected chi connectivity index (χ2v) is 4.76. The molecule has 0 saturated carbocycles. The topological polar surface area (TPSA) is 19.0 Å². The molecule has 0 aliphatic rings. The summed E-state index contributed by atoms with van der Waals surface area (Å²) in [6, 6.07) is 8.74. The maximum atomic E-state index is 6.11. The van der Waals surface area contributed by atoms with Gasteiger partial charge in [0.2, 0.25) is 0 Å². The minimum atomic E-state index is 0.381. The van der Waals surface area contributed by atoms with Gasteiger partial charge in [-0.05, 0) is 43.7 Å². The molecule has 0 bridgehead atoms. The molecule has 2 nitrogen and oxygen atoms in total. The standard InChI is InChI=1S/C13H17ClN2/c1-10(2)16(14)8-7-11-9-15-13-6-4-3-5-12(11)13/h3-6,9-10,15H,7-8H2,1-2H3. The Morgan fingerprint density at radius 2 is 2.06 bits per heavy atom. The van der Waals surface area contributed by atoms with Crippen LogP contribution in [0, 0.1) is 0 Å². The monoisotopic (exact) mass is 236 g/mol. The molecule has 2 aromatic rings. The predicted octanol–water partition coefficient (Wildman–Crippen LogP) is 3.57. The van der Waals surface area contributed by atoms with Crippen molar-refractivity contribution in [2.45, 2.75) is 26.3 Å². The van der Waals surface area contributed by atoms with Gasteiger partial charge in [0, 0.05) is 29.7 Å². The Morgan fingerprint density at radius 3 is 2.81 bits per heavy atom. The maximum absolute atomic E-state index is 6.11. The summed E-state index contributed by atoms with van der Waals surface area (Å²) in [5.74, 6) is 0. The summed E-state index contributed by atoms with van der Waals surface area (Å²) in [6.45, 7) is 5.07. The van der Waals surface area contributed by atoms with Gasteiger partial charge in [0.05, 0.1) is 0 Å². The summed E-state index contributed by atoms with van der Waals surface area (Å²) in [5, 5.41) is 1.30. The first-order chi connectivity index (χ1) is 7.68. The first-order valence-electron chi connectivity index (χ1n) is 5.66. The van der Waals surface area contributed by atoms with Crippen molar-refractivity contribution in [1.29, 1.82) is 0 Å². The van der Waals surface area contributed by atoms with Crippen molar-refractivity contribution in [3.8, 4) is 0 Å². The van der Waals surface area contributed by atoms with E-state index in [9.17, 15) is 0 Å². The summed E-state index contributed by atoms with van der Waals surface area (Å²) in [7, 11) is 0. The minimum Gasteiger partial charge on any atom is -0.361 e. The van der Waals surface area contributed by atoms with Gasteiger partial charge in [-0.1, -0.05) is 18.2 Å². The number of benzene rings is 1. The van der Waals surface area contributed by atoms with Crippen molar-refractivity contribution in [3.63, 3.8) is 0 Å². The van der Waals surface area contributed by atoms with E-state index in [0.717, 1.165) is 13.0 Å². The lowest BCUT2D eigenvalue weighted by Crippen LogP contribution is -2.23. The molecule has 3 heteroatoms. The van der Waals surface area contributed by atoms with E-state index in [1.807, 2.05) is 10.5 Å². The van der Waals surface area contributed by atoms with Crippen LogP contribution < -0.4 is 0 Å². The molecule has 0 amide bonds. The average Bonchev–Trinajstić information content (AvgIpc) is 2.69. The van der Waals surface area contributed by atoms with Gasteiger partial charge in [0.1, 0.15) is 0 Å². The second kappa shape index (κ2) is 4.89. The van der Waals surface area contributed by atoms with E-state index >= 15 is 0 Å². The number of aromatic amines is 1. The molecule has 0 atom stereocenters. The van der Waals surface area contributed by atoms with Crippen LogP contribution in [0.5, 0.6) is 0 Å². The van der Waals surface area contributed by atoms with Crippen LogP contribution in [0.3, 0.4) is 0 Å². The molecule has 2 rings (SSSR count). The Hall–Kier alpha value is -0.990. The SMILES string of the molecule is CC(C)N(Cl)CCc1c[nH]c2ccccc12. The number of hydrogen-bond donors (Lipinski definition) is 1. The molecule has 0 fully saturated rings. The van der Waals surface area contributed by atoms with E-state index in [1.54, 1.807) is 0 Å². The number of nitrogens with zero attached hydrogens (tertiary/aromatic N) is 1. The summed E-state index contributed by atoms with van der Waals surface area (Å²) in [4.78, 5) is 3.28. The number of H-pyrrole nitrogens is 1. The fourth-order valence-electron chi connectivity index (χ4n) is 1.82.